The number of aliphatic hydroxyl groups is 1. The van der Waals surface area contributed by atoms with E-state index in [0.29, 0.717) is 19.8 Å². The number of ether oxygens (including phenoxy) is 2. The Morgan fingerprint density at radius 2 is 2.05 bits per heavy atom. The molecule has 5 nitrogen and oxygen atoms in total. The second kappa shape index (κ2) is 8.87. The highest BCUT2D eigenvalue weighted by Gasteiger charge is 2.06. The van der Waals surface area contributed by atoms with Crippen molar-refractivity contribution in [1.82, 2.24) is 5.48 Å². The lowest BCUT2D eigenvalue weighted by Gasteiger charge is -2.14. The van der Waals surface area contributed by atoms with Crippen LogP contribution in [0.3, 0.4) is 0 Å². The van der Waals surface area contributed by atoms with Gasteiger partial charge >= 0.3 is 0 Å². The van der Waals surface area contributed by atoms with Crippen molar-refractivity contribution in [3.8, 4) is 5.75 Å². The molecule has 5 heteroatoms. The first-order chi connectivity index (χ1) is 9.13. The van der Waals surface area contributed by atoms with E-state index >= 15 is 0 Å². The highest BCUT2D eigenvalue weighted by atomic mass is 16.7. The number of hydrogen-bond acceptors (Lipinski definition) is 5. The molecule has 0 amide bonds. The van der Waals surface area contributed by atoms with E-state index in [4.69, 9.17) is 14.3 Å². The molecular weight excluding hydrogens is 246 g/mol. The van der Waals surface area contributed by atoms with E-state index in [0.717, 1.165) is 11.3 Å². The zero-order valence-electron chi connectivity index (χ0n) is 11.8. The summed E-state index contributed by atoms with van der Waals surface area (Å²) in [5.41, 5.74) is 4.93. The minimum Gasteiger partial charge on any atom is -0.491 e. The van der Waals surface area contributed by atoms with Gasteiger partial charge in [0.15, 0.2) is 0 Å². The molecule has 1 rings (SSSR count). The number of nitrogens with one attached hydrogen (secondary N) is 1. The summed E-state index contributed by atoms with van der Waals surface area (Å²) < 4.78 is 10.4. The van der Waals surface area contributed by atoms with Gasteiger partial charge < -0.3 is 14.6 Å². The Hall–Kier alpha value is -1.14. The number of rotatable bonds is 9. The first-order valence-corrected chi connectivity index (χ1v) is 6.35. The van der Waals surface area contributed by atoms with Gasteiger partial charge in [0.1, 0.15) is 18.5 Å². The van der Waals surface area contributed by atoms with Crippen molar-refractivity contribution < 1.29 is 19.4 Å². The first-order valence-electron chi connectivity index (χ1n) is 6.35. The maximum atomic E-state index is 9.71. The summed E-state index contributed by atoms with van der Waals surface area (Å²) in [5, 5.41) is 9.71. The molecule has 0 saturated heterocycles. The fourth-order valence-electron chi connectivity index (χ4n) is 1.56. The first kappa shape index (κ1) is 15.9. The van der Waals surface area contributed by atoms with Gasteiger partial charge in [0, 0.05) is 7.11 Å². The Morgan fingerprint density at radius 3 is 2.74 bits per heavy atom. The third-order valence-corrected chi connectivity index (χ3v) is 2.57. The van der Waals surface area contributed by atoms with E-state index in [1.165, 1.54) is 5.56 Å². The summed E-state index contributed by atoms with van der Waals surface area (Å²) in [6, 6.07) is 5.95. The molecule has 0 fully saturated rings. The van der Waals surface area contributed by atoms with Crippen molar-refractivity contribution in [3.63, 3.8) is 0 Å². The zero-order valence-corrected chi connectivity index (χ0v) is 11.8. The number of hydroxylamine groups is 1. The largest absolute Gasteiger partial charge is 0.491 e. The van der Waals surface area contributed by atoms with E-state index in [9.17, 15) is 5.11 Å². The van der Waals surface area contributed by atoms with Gasteiger partial charge in [-0.3, -0.25) is 4.84 Å². The molecule has 0 aromatic heterocycles. The smallest absolute Gasteiger partial charge is 0.122 e. The summed E-state index contributed by atoms with van der Waals surface area (Å²) in [4.78, 5) is 5.05. The van der Waals surface area contributed by atoms with Crippen molar-refractivity contribution in [1.29, 1.82) is 0 Å². The molecule has 0 bridgehead atoms. The molecule has 0 spiro atoms. The predicted molar refractivity (Wildman–Crippen MR) is 73.2 cm³/mol. The normalized spacial score (nSPS) is 12.4. The molecule has 2 N–H and O–H groups in total. The van der Waals surface area contributed by atoms with Gasteiger partial charge in [-0.1, -0.05) is 17.7 Å². The van der Waals surface area contributed by atoms with Gasteiger partial charge in [0.05, 0.1) is 19.8 Å². The second-order valence-corrected chi connectivity index (χ2v) is 4.42. The fourth-order valence-corrected chi connectivity index (χ4v) is 1.56. The van der Waals surface area contributed by atoms with Crippen molar-refractivity contribution in [2.75, 3.05) is 33.5 Å². The molecule has 19 heavy (non-hydrogen) atoms. The standard InChI is InChI=1S/C14H23NO4/c1-11-4-5-14(12(2)8-11)18-10-13(16)9-15-19-7-6-17-3/h4-5,8,13,15-16H,6-7,9-10H2,1-3H3. The molecule has 1 aromatic carbocycles. The Labute approximate surface area is 114 Å². The minimum atomic E-state index is -0.622. The lowest BCUT2D eigenvalue weighted by Crippen LogP contribution is -2.32. The van der Waals surface area contributed by atoms with E-state index in [-0.39, 0.29) is 6.61 Å². The summed E-state index contributed by atoms with van der Waals surface area (Å²) >= 11 is 0. The molecular formula is C14H23NO4. The van der Waals surface area contributed by atoms with Crippen molar-refractivity contribution in [2.45, 2.75) is 20.0 Å². The van der Waals surface area contributed by atoms with Crippen LogP contribution < -0.4 is 10.2 Å². The summed E-state index contributed by atoms with van der Waals surface area (Å²) in [5.74, 6) is 0.796. The fraction of sp³-hybridized carbons (Fsp3) is 0.571. The average molecular weight is 269 g/mol. The minimum absolute atomic E-state index is 0.227. The van der Waals surface area contributed by atoms with Crippen LogP contribution in [-0.2, 0) is 9.57 Å². The van der Waals surface area contributed by atoms with Gasteiger partial charge in [0.25, 0.3) is 0 Å². The topological polar surface area (TPSA) is 60.0 Å². The van der Waals surface area contributed by atoms with Crippen LogP contribution in [0.25, 0.3) is 0 Å². The number of methoxy groups -OCH3 is 1. The second-order valence-electron chi connectivity index (χ2n) is 4.42. The summed E-state index contributed by atoms with van der Waals surface area (Å²) in [7, 11) is 1.61. The van der Waals surface area contributed by atoms with Crippen molar-refractivity contribution >= 4 is 0 Å². The molecule has 0 aliphatic rings. The summed E-state index contributed by atoms with van der Waals surface area (Å²) in [6.07, 6.45) is -0.622. The van der Waals surface area contributed by atoms with Crippen LogP contribution >= 0.6 is 0 Å². The number of hydrogen-bond donors (Lipinski definition) is 2. The maximum absolute atomic E-state index is 9.71. The molecule has 0 aliphatic carbocycles. The molecule has 108 valence electrons. The van der Waals surface area contributed by atoms with Crippen LogP contribution in [0.1, 0.15) is 11.1 Å². The Morgan fingerprint density at radius 1 is 1.26 bits per heavy atom. The van der Waals surface area contributed by atoms with Gasteiger partial charge in [-0.15, -0.1) is 0 Å². The number of aliphatic hydroxyl groups excluding tert-OH is 1. The van der Waals surface area contributed by atoms with Gasteiger partial charge in [-0.2, -0.15) is 5.48 Å². The molecule has 0 heterocycles. The van der Waals surface area contributed by atoms with E-state index in [1.54, 1.807) is 7.11 Å². The van der Waals surface area contributed by atoms with Crippen molar-refractivity contribution in [2.24, 2.45) is 0 Å². The zero-order chi connectivity index (χ0) is 14.1. The quantitative estimate of drug-likeness (QED) is 0.521. The highest BCUT2D eigenvalue weighted by Crippen LogP contribution is 2.18. The Balaban J connectivity index is 2.20. The third kappa shape index (κ3) is 6.54. The molecule has 1 atom stereocenters. The average Bonchev–Trinajstić information content (AvgIpc) is 2.37. The maximum Gasteiger partial charge on any atom is 0.122 e. The van der Waals surface area contributed by atoms with Crippen LogP contribution in [-0.4, -0.2) is 44.7 Å². The number of aryl methyl sites for hydroxylation is 2. The van der Waals surface area contributed by atoms with Crippen LogP contribution in [0.5, 0.6) is 5.75 Å². The van der Waals surface area contributed by atoms with Gasteiger partial charge in [0.2, 0.25) is 0 Å². The lowest BCUT2D eigenvalue weighted by molar-refractivity contribution is -0.0173. The van der Waals surface area contributed by atoms with Crippen LogP contribution in [0, 0.1) is 13.8 Å². The van der Waals surface area contributed by atoms with E-state index < -0.39 is 6.10 Å². The number of benzene rings is 1. The van der Waals surface area contributed by atoms with E-state index in [1.807, 2.05) is 32.0 Å². The van der Waals surface area contributed by atoms with Crippen LogP contribution in [0.4, 0.5) is 0 Å². The molecule has 0 aliphatic heterocycles. The molecule has 0 radical (unpaired) electrons. The van der Waals surface area contributed by atoms with Crippen LogP contribution in [0.15, 0.2) is 18.2 Å². The lowest BCUT2D eigenvalue weighted by atomic mass is 10.1. The molecule has 1 aromatic rings. The van der Waals surface area contributed by atoms with Gasteiger partial charge in [-0.05, 0) is 25.5 Å². The van der Waals surface area contributed by atoms with E-state index in [2.05, 4.69) is 5.48 Å². The monoisotopic (exact) mass is 269 g/mol. The van der Waals surface area contributed by atoms with Crippen LogP contribution in [0.2, 0.25) is 0 Å². The van der Waals surface area contributed by atoms with Gasteiger partial charge in [-0.25, -0.2) is 0 Å². The SMILES string of the molecule is COCCONCC(O)COc1ccc(C)cc1C. The van der Waals surface area contributed by atoms with Crippen molar-refractivity contribution in [3.05, 3.63) is 29.3 Å². The Kier molecular flexibility index (Phi) is 7.43. The predicted octanol–water partition coefficient (Wildman–Crippen LogP) is 1.21. The third-order valence-electron chi connectivity index (χ3n) is 2.57. The highest BCUT2D eigenvalue weighted by molar-refractivity contribution is 5.35. The Bertz CT molecular complexity index is 370. The summed E-state index contributed by atoms with van der Waals surface area (Å²) in [6.45, 7) is 5.52. The molecule has 1 unspecified atom stereocenters. The molecule has 0 saturated carbocycles.